The number of rotatable bonds is 5. The van der Waals surface area contributed by atoms with E-state index in [9.17, 15) is 9.18 Å². The van der Waals surface area contributed by atoms with Crippen molar-refractivity contribution >= 4 is 5.91 Å². The van der Waals surface area contributed by atoms with Crippen LogP contribution < -0.4 is 10.6 Å². The standard InChI is InChI=1S/C16H24FN3O/c1-16(18-2)7-9-20(10-8-16)12-15(21)19-11-13-5-3-4-6-14(13)17/h3-6,18H,7-12H2,1-2H3,(H,19,21). The van der Waals surface area contributed by atoms with Crippen molar-refractivity contribution in [3.63, 3.8) is 0 Å². The van der Waals surface area contributed by atoms with E-state index in [4.69, 9.17) is 0 Å². The Labute approximate surface area is 125 Å². The first-order chi connectivity index (χ1) is 10.0. The largest absolute Gasteiger partial charge is 0.351 e. The maximum absolute atomic E-state index is 13.5. The summed E-state index contributed by atoms with van der Waals surface area (Å²) in [5.41, 5.74) is 0.701. The van der Waals surface area contributed by atoms with Crippen molar-refractivity contribution in [2.24, 2.45) is 0 Å². The molecule has 0 unspecified atom stereocenters. The highest BCUT2D eigenvalue weighted by Gasteiger charge is 2.28. The highest BCUT2D eigenvalue weighted by atomic mass is 19.1. The minimum atomic E-state index is -0.277. The van der Waals surface area contributed by atoms with Gasteiger partial charge in [0.15, 0.2) is 0 Å². The Bertz CT molecular complexity index is 484. The van der Waals surface area contributed by atoms with Crippen LogP contribution in [0.2, 0.25) is 0 Å². The molecule has 0 spiro atoms. The van der Waals surface area contributed by atoms with Crippen LogP contribution in [0.5, 0.6) is 0 Å². The molecule has 21 heavy (non-hydrogen) atoms. The van der Waals surface area contributed by atoms with Gasteiger partial charge in [0.2, 0.25) is 5.91 Å². The number of carbonyl (C=O) groups excluding carboxylic acids is 1. The Hall–Kier alpha value is -1.46. The minimum Gasteiger partial charge on any atom is -0.351 e. The lowest BCUT2D eigenvalue weighted by Gasteiger charge is -2.39. The second-order valence-electron chi connectivity index (χ2n) is 5.95. The number of likely N-dealkylation sites (tertiary alicyclic amines) is 1. The molecule has 2 N–H and O–H groups in total. The van der Waals surface area contributed by atoms with Crippen molar-refractivity contribution in [1.29, 1.82) is 0 Å². The molecule has 116 valence electrons. The highest BCUT2D eigenvalue weighted by molar-refractivity contribution is 5.78. The molecule has 0 aliphatic carbocycles. The second-order valence-corrected chi connectivity index (χ2v) is 5.95. The molecule has 5 heteroatoms. The van der Waals surface area contributed by atoms with Gasteiger partial charge in [0.1, 0.15) is 5.82 Å². The first-order valence-electron chi connectivity index (χ1n) is 7.44. The summed E-state index contributed by atoms with van der Waals surface area (Å²) in [5, 5.41) is 6.12. The van der Waals surface area contributed by atoms with Gasteiger partial charge in [-0.05, 0) is 32.9 Å². The minimum absolute atomic E-state index is 0.0497. The summed E-state index contributed by atoms with van der Waals surface area (Å²) < 4.78 is 13.5. The zero-order chi connectivity index (χ0) is 15.3. The molecule has 0 radical (unpaired) electrons. The van der Waals surface area contributed by atoms with Crippen molar-refractivity contribution in [3.05, 3.63) is 35.6 Å². The molecule has 1 saturated heterocycles. The van der Waals surface area contributed by atoms with Gasteiger partial charge >= 0.3 is 0 Å². The first kappa shape index (κ1) is 15.9. The van der Waals surface area contributed by atoms with Crippen LogP contribution in [0.15, 0.2) is 24.3 Å². The Morgan fingerprint density at radius 2 is 2.00 bits per heavy atom. The molecule has 0 saturated carbocycles. The third-order valence-electron chi connectivity index (χ3n) is 4.36. The number of nitrogens with zero attached hydrogens (tertiary/aromatic N) is 1. The van der Waals surface area contributed by atoms with Gasteiger partial charge < -0.3 is 10.6 Å². The fraction of sp³-hybridized carbons (Fsp3) is 0.562. The van der Waals surface area contributed by atoms with Gasteiger partial charge in [-0.3, -0.25) is 9.69 Å². The lowest BCUT2D eigenvalue weighted by atomic mass is 9.90. The van der Waals surface area contributed by atoms with E-state index in [1.807, 2.05) is 7.05 Å². The van der Waals surface area contributed by atoms with Crippen molar-refractivity contribution in [2.45, 2.75) is 31.8 Å². The van der Waals surface area contributed by atoms with Crippen LogP contribution >= 0.6 is 0 Å². The maximum Gasteiger partial charge on any atom is 0.234 e. The topological polar surface area (TPSA) is 44.4 Å². The van der Waals surface area contributed by atoms with E-state index in [1.54, 1.807) is 18.2 Å². The molecule has 1 aliphatic heterocycles. The molecule has 1 amide bonds. The van der Waals surface area contributed by atoms with Gasteiger partial charge in [0.25, 0.3) is 0 Å². The molecule has 0 bridgehead atoms. The van der Waals surface area contributed by atoms with E-state index in [1.165, 1.54) is 6.07 Å². The van der Waals surface area contributed by atoms with Crippen molar-refractivity contribution in [3.8, 4) is 0 Å². The van der Waals surface area contributed by atoms with Gasteiger partial charge in [-0.25, -0.2) is 4.39 Å². The third-order valence-corrected chi connectivity index (χ3v) is 4.36. The third kappa shape index (κ3) is 4.51. The average Bonchev–Trinajstić information content (AvgIpc) is 2.49. The Morgan fingerprint density at radius 1 is 1.33 bits per heavy atom. The number of halogens is 1. The summed E-state index contributed by atoms with van der Waals surface area (Å²) in [6.07, 6.45) is 2.06. The van der Waals surface area contributed by atoms with Gasteiger partial charge in [-0.15, -0.1) is 0 Å². The number of hydrogen-bond acceptors (Lipinski definition) is 3. The molecule has 1 aromatic rings. The quantitative estimate of drug-likeness (QED) is 0.865. The van der Waals surface area contributed by atoms with Gasteiger partial charge in [0.05, 0.1) is 6.54 Å². The molecular formula is C16H24FN3O. The lowest BCUT2D eigenvalue weighted by Crippen LogP contribution is -2.51. The normalized spacial score (nSPS) is 18.4. The van der Waals surface area contributed by atoms with Gasteiger partial charge in [0, 0.05) is 30.7 Å². The summed E-state index contributed by atoms with van der Waals surface area (Å²) in [7, 11) is 1.98. The number of carbonyl (C=O) groups is 1. The van der Waals surface area contributed by atoms with Crippen LogP contribution in [0.3, 0.4) is 0 Å². The van der Waals surface area contributed by atoms with Gasteiger partial charge in [-0.1, -0.05) is 18.2 Å². The molecule has 4 nitrogen and oxygen atoms in total. The fourth-order valence-corrected chi connectivity index (χ4v) is 2.55. The molecule has 1 heterocycles. The summed E-state index contributed by atoms with van der Waals surface area (Å²) in [6, 6.07) is 6.51. The number of piperidine rings is 1. The highest BCUT2D eigenvalue weighted by Crippen LogP contribution is 2.20. The zero-order valence-corrected chi connectivity index (χ0v) is 12.8. The number of hydrogen-bond donors (Lipinski definition) is 2. The molecule has 1 fully saturated rings. The molecular weight excluding hydrogens is 269 g/mol. The lowest BCUT2D eigenvalue weighted by molar-refractivity contribution is -0.122. The van der Waals surface area contributed by atoms with Crippen LogP contribution in [0.4, 0.5) is 4.39 Å². The van der Waals surface area contributed by atoms with E-state index < -0.39 is 0 Å². The molecule has 1 aliphatic rings. The van der Waals surface area contributed by atoms with Crippen molar-refractivity contribution < 1.29 is 9.18 Å². The maximum atomic E-state index is 13.5. The average molecular weight is 293 g/mol. The van der Waals surface area contributed by atoms with Crippen LogP contribution in [-0.2, 0) is 11.3 Å². The summed E-state index contributed by atoms with van der Waals surface area (Å²) >= 11 is 0. The van der Waals surface area contributed by atoms with Crippen LogP contribution in [0.25, 0.3) is 0 Å². The molecule has 0 atom stereocenters. The van der Waals surface area contributed by atoms with E-state index in [2.05, 4.69) is 22.5 Å². The zero-order valence-electron chi connectivity index (χ0n) is 12.8. The first-order valence-corrected chi connectivity index (χ1v) is 7.44. The van der Waals surface area contributed by atoms with Crippen molar-refractivity contribution in [1.82, 2.24) is 15.5 Å². The van der Waals surface area contributed by atoms with Gasteiger partial charge in [-0.2, -0.15) is 0 Å². The Balaban J connectivity index is 1.75. The van der Waals surface area contributed by atoms with Crippen LogP contribution in [0.1, 0.15) is 25.3 Å². The predicted molar refractivity (Wildman–Crippen MR) is 81.4 cm³/mol. The second kappa shape index (κ2) is 7.00. The SMILES string of the molecule is CNC1(C)CCN(CC(=O)NCc2ccccc2F)CC1. The number of benzene rings is 1. The molecule has 1 aromatic carbocycles. The van der Waals surface area contributed by atoms with Crippen molar-refractivity contribution in [2.75, 3.05) is 26.7 Å². The van der Waals surface area contributed by atoms with E-state index >= 15 is 0 Å². The molecule has 2 rings (SSSR count). The Kier molecular flexibility index (Phi) is 5.31. The summed E-state index contributed by atoms with van der Waals surface area (Å²) in [6.45, 7) is 4.65. The number of amides is 1. The fourth-order valence-electron chi connectivity index (χ4n) is 2.55. The smallest absolute Gasteiger partial charge is 0.234 e. The Morgan fingerprint density at radius 3 is 2.62 bits per heavy atom. The van der Waals surface area contributed by atoms with E-state index in [0.717, 1.165) is 25.9 Å². The van der Waals surface area contributed by atoms with E-state index in [0.29, 0.717) is 12.1 Å². The number of nitrogens with one attached hydrogen (secondary N) is 2. The van der Waals surface area contributed by atoms with E-state index in [-0.39, 0.29) is 23.8 Å². The summed E-state index contributed by atoms with van der Waals surface area (Å²) in [5.74, 6) is -0.327. The molecule has 0 aromatic heterocycles. The predicted octanol–water partition coefficient (Wildman–Crippen LogP) is 1.52. The van der Waals surface area contributed by atoms with Crippen LogP contribution in [0, 0.1) is 5.82 Å². The van der Waals surface area contributed by atoms with Crippen LogP contribution in [-0.4, -0.2) is 43.0 Å². The monoisotopic (exact) mass is 293 g/mol. The summed E-state index contributed by atoms with van der Waals surface area (Å²) in [4.78, 5) is 14.1.